The molecule has 4 nitrogen and oxygen atoms in total. The molecule has 1 atom stereocenters. The van der Waals surface area contributed by atoms with Crippen molar-refractivity contribution in [2.75, 3.05) is 5.32 Å². The zero-order valence-electron chi connectivity index (χ0n) is 9.07. The fraction of sp³-hybridized carbons (Fsp3) is 0.273. The summed E-state index contributed by atoms with van der Waals surface area (Å²) in [5, 5.41) is 6.58. The summed E-state index contributed by atoms with van der Waals surface area (Å²) in [6.45, 7) is 3.56. The second kappa shape index (κ2) is 4.30. The van der Waals surface area contributed by atoms with Gasteiger partial charge in [-0.1, -0.05) is 23.4 Å². The third-order valence-electron chi connectivity index (χ3n) is 2.24. The second-order valence-corrected chi connectivity index (χ2v) is 3.53. The Bertz CT molecular complexity index is 484. The highest BCUT2D eigenvalue weighted by Crippen LogP contribution is 2.20. The van der Waals surface area contributed by atoms with E-state index in [-0.39, 0.29) is 11.9 Å². The Hall–Kier alpha value is -1.91. The lowest BCUT2D eigenvalue weighted by Gasteiger charge is -2.12. The van der Waals surface area contributed by atoms with Crippen LogP contribution in [0.2, 0.25) is 0 Å². The Balaban J connectivity index is 2.14. The number of nitrogens with one attached hydrogen (secondary N) is 1. The molecule has 0 radical (unpaired) electrons. The molecule has 1 aromatic heterocycles. The third-order valence-corrected chi connectivity index (χ3v) is 2.24. The van der Waals surface area contributed by atoms with Crippen LogP contribution in [0.4, 0.5) is 10.4 Å². The molecule has 5 heteroatoms. The second-order valence-electron chi connectivity index (χ2n) is 3.53. The Morgan fingerprint density at radius 1 is 1.38 bits per heavy atom. The van der Waals surface area contributed by atoms with Gasteiger partial charge in [-0.25, -0.2) is 4.39 Å². The van der Waals surface area contributed by atoms with Gasteiger partial charge in [-0.2, -0.15) is 4.98 Å². The molecule has 0 fully saturated rings. The van der Waals surface area contributed by atoms with Crippen LogP contribution in [0.5, 0.6) is 0 Å². The van der Waals surface area contributed by atoms with Crippen LogP contribution in [-0.4, -0.2) is 10.1 Å². The van der Waals surface area contributed by atoms with Crippen LogP contribution in [-0.2, 0) is 0 Å². The Labute approximate surface area is 92.5 Å². The van der Waals surface area contributed by atoms with Crippen molar-refractivity contribution in [2.24, 2.45) is 0 Å². The van der Waals surface area contributed by atoms with Crippen molar-refractivity contribution in [3.05, 3.63) is 41.5 Å². The van der Waals surface area contributed by atoms with E-state index in [2.05, 4.69) is 15.5 Å². The van der Waals surface area contributed by atoms with E-state index in [4.69, 9.17) is 4.52 Å². The molecule has 0 aliphatic carbocycles. The minimum Gasteiger partial charge on any atom is -0.331 e. The third kappa shape index (κ3) is 2.18. The molecule has 0 bridgehead atoms. The van der Waals surface area contributed by atoms with Crippen LogP contribution in [0.3, 0.4) is 0 Å². The molecule has 1 unspecified atom stereocenters. The Morgan fingerprint density at radius 3 is 2.75 bits per heavy atom. The summed E-state index contributed by atoms with van der Waals surface area (Å²) >= 11 is 0. The number of halogens is 1. The van der Waals surface area contributed by atoms with Gasteiger partial charge < -0.3 is 9.84 Å². The van der Waals surface area contributed by atoms with E-state index in [9.17, 15) is 4.39 Å². The van der Waals surface area contributed by atoms with Crippen LogP contribution in [0.1, 0.15) is 24.4 Å². The van der Waals surface area contributed by atoms with Gasteiger partial charge in [0.15, 0.2) is 5.82 Å². The highest BCUT2D eigenvalue weighted by Gasteiger charge is 2.12. The number of hydrogen-bond acceptors (Lipinski definition) is 4. The van der Waals surface area contributed by atoms with Gasteiger partial charge in [-0.15, -0.1) is 0 Å². The molecular formula is C11H12FN3O. The summed E-state index contributed by atoms with van der Waals surface area (Å²) in [6, 6.07) is 6.66. The first-order valence-electron chi connectivity index (χ1n) is 4.98. The quantitative estimate of drug-likeness (QED) is 0.865. The van der Waals surface area contributed by atoms with Gasteiger partial charge in [0, 0.05) is 5.56 Å². The van der Waals surface area contributed by atoms with Gasteiger partial charge in [-0.05, 0) is 19.9 Å². The molecule has 0 aliphatic rings. The predicted molar refractivity (Wildman–Crippen MR) is 57.5 cm³/mol. The molecule has 0 spiro atoms. The standard InChI is InChI=1S/C11H12FN3O/c1-7(9-5-3-4-6-10(9)12)13-11-14-8(2)15-16-11/h3-7H,1-2H3,(H,13,14,15). The molecule has 0 aliphatic heterocycles. The van der Waals surface area contributed by atoms with Crippen molar-refractivity contribution in [1.82, 2.24) is 10.1 Å². The lowest BCUT2D eigenvalue weighted by atomic mass is 10.1. The number of rotatable bonds is 3. The molecule has 0 saturated carbocycles. The van der Waals surface area contributed by atoms with E-state index >= 15 is 0 Å². The average Bonchev–Trinajstić information content (AvgIpc) is 2.64. The number of aromatic nitrogens is 2. The van der Waals surface area contributed by atoms with Crippen LogP contribution in [0.25, 0.3) is 0 Å². The predicted octanol–water partition coefficient (Wildman–Crippen LogP) is 2.69. The zero-order chi connectivity index (χ0) is 11.5. The summed E-state index contributed by atoms with van der Waals surface area (Å²) in [6.07, 6.45) is 0. The minimum atomic E-state index is -0.251. The molecule has 2 rings (SSSR count). The molecule has 1 aromatic carbocycles. The average molecular weight is 221 g/mol. The Kier molecular flexibility index (Phi) is 2.85. The zero-order valence-corrected chi connectivity index (χ0v) is 9.07. The SMILES string of the molecule is Cc1noc(NC(C)c2ccccc2F)n1. The molecule has 84 valence electrons. The highest BCUT2D eigenvalue weighted by molar-refractivity contribution is 5.29. The van der Waals surface area contributed by atoms with E-state index in [1.54, 1.807) is 25.1 Å². The normalized spacial score (nSPS) is 12.4. The van der Waals surface area contributed by atoms with Gasteiger partial charge in [0.05, 0.1) is 6.04 Å². The number of anilines is 1. The van der Waals surface area contributed by atoms with Gasteiger partial charge in [0.25, 0.3) is 0 Å². The topological polar surface area (TPSA) is 51.0 Å². The fourth-order valence-corrected chi connectivity index (χ4v) is 1.44. The fourth-order valence-electron chi connectivity index (χ4n) is 1.44. The molecule has 2 aromatic rings. The molecule has 1 heterocycles. The van der Waals surface area contributed by atoms with E-state index in [1.165, 1.54) is 6.07 Å². The largest absolute Gasteiger partial charge is 0.331 e. The van der Waals surface area contributed by atoms with Gasteiger partial charge in [0.1, 0.15) is 5.82 Å². The van der Waals surface area contributed by atoms with E-state index < -0.39 is 0 Å². The van der Waals surface area contributed by atoms with Crippen LogP contribution < -0.4 is 5.32 Å². The number of hydrogen-bond donors (Lipinski definition) is 1. The molecule has 16 heavy (non-hydrogen) atoms. The van der Waals surface area contributed by atoms with Crippen molar-refractivity contribution in [1.29, 1.82) is 0 Å². The van der Waals surface area contributed by atoms with Gasteiger partial charge in [-0.3, -0.25) is 0 Å². The van der Waals surface area contributed by atoms with E-state index in [0.29, 0.717) is 17.4 Å². The monoisotopic (exact) mass is 221 g/mol. The first-order valence-corrected chi connectivity index (χ1v) is 4.98. The summed E-state index contributed by atoms with van der Waals surface area (Å²) < 4.78 is 18.3. The highest BCUT2D eigenvalue weighted by atomic mass is 19.1. The Morgan fingerprint density at radius 2 is 2.12 bits per heavy atom. The maximum Gasteiger partial charge on any atom is 0.321 e. The van der Waals surface area contributed by atoms with E-state index in [1.807, 2.05) is 6.92 Å². The van der Waals surface area contributed by atoms with Gasteiger partial charge in [0.2, 0.25) is 0 Å². The summed E-state index contributed by atoms with van der Waals surface area (Å²) in [5.74, 6) is 0.293. The van der Waals surface area contributed by atoms with Gasteiger partial charge >= 0.3 is 6.01 Å². The molecule has 0 amide bonds. The number of aryl methyl sites for hydroxylation is 1. The van der Waals surface area contributed by atoms with Crippen LogP contribution in [0, 0.1) is 12.7 Å². The molecule has 1 N–H and O–H groups in total. The number of nitrogens with zero attached hydrogens (tertiary/aromatic N) is 2. The van der Waals surface area contributed by atoms with Crippen molar-refractivity contribution >= 4 is 6.01 Å². The maximum absolute atomic E-state index is 13.4. The maximum atomic E-state index is 13.4. The van der Waals surface area contributed by atoms with Crippen molar-refractivity contribution in [3.8, 4) is 0 Å². The van der Waals surface area contributed by atoms with Crippen LogP contribution in [0.15, 0.2) is 28.8 Å². The first-order chi connectivity index (χ1) is 7.66. The first kappa shape index (κ1) is 10.6. The smallest absolute Gasteiger partial charge is 0.321 e. The van der Waals surface area contributed by atoms with Crippen molar-refractivity contribution in [2.45, 2.75) is 19.9 Å². The molecular weight excluding hydrogens is 209 g/mol. The summed E-state index contributed by atoms with van der Waals surface area (Å²) in [7, 11) is 0. The summed E-state index contributed by atoms with van der Waals surface area (Å²) in [4.78, 5) is 3.99. The van der Waals surface area contributed by atoms with Crippen LogP contribution >= 0.6 is 0 Å². The van der Waals surface area contributed by atoms with Crippen molar-refractivity contribution in [3.63, 3.8) is 0 Å². The van der Waals surface area contributed by atoms with Crippen molar-refractivity contribution < 1.29 is 8.91 Å². The van der Waals surface area contributed by atoms with E-state index in [0.717, 1.165) is 0 Å². The lowest BCUT2D eigenvalue weighted by molar-refractivity contribution is 0.422. The summed E-state index contributed by atoms with van der Waals surface area (Å²) in [5.41, 5.74) is 0.568. The minimum absolute atomic E-state index is 0.221. The molecule has 0 saturated heterocycles. The number of benzene rings is 1. The lowest BCUT2D eigenvalue weighted by Crippen LogP contribution is -2.08.